The summed E-state index contributed by atoms with van der Waals surface area (Å²) in [5.74, 6) is 1.73. The zero-order valence-electron chi connectivity index (χ0n) is 14.7. The van der Waals surface area contributed by atoms with Gasteiger partial charge >= 0.3 is 0 Å². The Labute approximate surface area is 149 Å². The monoisotopic (exact) mass is 338 g/mol. The molecule has 25 heavy (non-hydrogen) atoms. The van der Waals surface area contributed by atoms with Crippen LogP contribution in [0.1, 0.15) is 36.0 Å². The van der Waals surface area contributed by atoms with E-state index in [1.54, 1.807) is 0 Å². The third kappa shape index (κ3) is 4.14. The number of likely N-dealkylation sites (tertiary alicyclic amines) is 1. The quantitative estimate of drug-likeness (QED) is 0.871. The van der Waals surface area contributed by atoms with Gasteiger partial charge in [0.1, 0.15) is 0 Å². The fourth-order valence-corrected chi connectivity index (χ4v) is 3.61. The second-order valence-electron chi connectivity index (χ2n) is 6.91. The smallest absolute Gasteiger partial charge is 0.231 e. The summed E-state index contributed by atoms with van der Waals surface area (Å²) >= 11 is 0. The summed E-state index contributed by atoms with van der Waals surface area (Å²) in [7, 11) is 0. The number of para-hydroxylation sites is 1. The maximum Gasteiger partial charge on any atom is 0.231 e. The average Bonchev–Trinajstić information content (AvgIpc) is 3.14. The van der Waals surface area contributed by atoms with Crippen LogP contribution in [-0.4, -0.2) is 24.8 Å². The third-order valence-electron chi connectivity index (χ3n) is 5.00. The molecule has 0 radical (unpaired) electrons. The van der Waals surface area contributed by atoms with Crippen molar-refractivity contribution < 1.29 is 9.47 Å². The first-order valence-corrected chi connectivity index (χ1v) is 9.27. The van der Waals surface area contributed by atoms with E-state index in [0.29, 0.717) is 6.79 Å². The van der Waals surface area contributed by atoms with Crippen molar-refractivity contribution in [3.8, 4) is 11.5 Å². The van der Waals surface area contributed by atoms with Gasteiger partial charge in [-0.3, -0.25) is 4.90 Å². The molecule has 0 amide bonds. The predicted molar refractivity (Wildman–Crippen MR) is 98.7 cm³/mol. The number of nitrogens with zero attached hydrogens (tertiary/aromatic N) is 1. The van der Waals surface area contributed by atoms with Gasteiger partial charge in [-0.25, -0.2) is 0 Å². The van der Waals surface area contributed by atoms with Gasteiger partial charge in [-0.2, -0.15) is 0 Å². The minimum absolute atomic E-state index is 0.324. The van der Waals surface area contributed by atoms with Crippen LogP contribution in [0.5, 0.6) is 11.5 Å². The molecule has 0 aromatic heterocycles. The van der Waals surface area contributed by atoms with E-state index in [1.165, 1.54) is 43.5 Å². The minimum Gasteiger partial charge on any atom is -0.454 e. The van der Waals surface area contributed by atoms with Crippen molar-refractivity contribution in [2.75, 3.05) is 19.9 Å². The maximum atomic E-state index is 5.55. The van der Waals surface area contributed by atoms with Gasteiger partial charge in [-0.15, -0.1) is 0 Å². The second kappa shape index (κ2) is 7.89. The molecule has 1 N–H and O–H groups in total. The van der Waals surface area contributed by atoms with Crippen molar-refractivity contribution in [2.45, 2.75) is 38.9 Å². The van der Waals surface area contributed by atoms with Crippen LogP contribution in [0.3, 0.4) is 0 Å². The van der Waals surface area contributed by atoms with Gasteiger partial charge in [0, 0.05) is 25.2 Å². The lowest BCUT2D eigenvalue weighted by molar-refractivity contribution is 0.173. The van der Waals surface area contributed by atoms with Gasteiger partial charge in [0.15, 0.2) is 11.5 Å². The number of hydrogen-bond donors (Lipinski definition) is 1. The van der Waals surface area contributed by atoms with Crippen LogP contribution in [0.15, 0.2) is 42.5 Å². The molecular formula is C21H26N2O2. The first-order chi connectivity index (χ1) is 12.4. The fourth-order valence-electron chi connectivity index (χ4n) is 3.61. The molecule has 4 heteroatoms. The number of nitrogens with one attached hydrogen (secondary N) is 1. The van der Waals surface area contributed by atoms with Gasteiger partial charge in [-0.05, 0) is 43.1 Å². The molecule has 2 aliphatic heterocycles. The van der Waals surface area contributed by atoms with Crippen molar-refractivity contribution in [3.63, 3.8) is 0 Å². The molecule has 2 heterocycles. The Bertz CT molecular complexity index is 694. The van der Waals surface area contributed by atoms with Crippen molar-refractivity contribution in [1.29, 1.82) is 0 Å². The minimum atomic E-state index is 0.324. The Morgan fingerprint density at radius 1 is 0.840 bits per heavy atom. The first-order valence-electron chi connectivity index (χ1n) is 9.27. The Kier molecular flexibility index (Phi) is 5.19. The SMILES string of the molecule is c1cc(CNCc2ccc(CN3CCCCC3)cc2)c2c(c1)OCO2. The molecule has 0 spiro atoms. The van der Waals surface area contributed by atoms with Gasteiger partial charge in [0.2, 0.25) is 6.79 Å². The molecule has 2 aromatic carbocycles. The molecule has 2 aromatic rings. The number of ether oxygens (including phenoxy) is 2. The fraction of sp³-hybridized carbons (Fsp3) is 0.429. The number of benzene rings is 2. The molecule has 0 atom stereocenters. The summed E-state index contributed by atoms with van der Waals surface area (Å²) in [4.78, 5) is 2.56. The highest BCUT2D eigenvalue weighted by Crippen LogP contribution is 2.35. The number of piperidine rings is 1. The van der Waals surface area contributed by atoms with E-state index < -0.39 is 0 Å². The summed E-state index contributed by atoms with van der Waals surface area (Å²) in [6.07, 6.45) is 4.09. The largest absolute Gasteiger partial charge is 0.454 e. The van der Waals surface area contributed by atoms with Crippen LogP contribution < -0.4 is 14.8 Å². The van der Waals surface area contributed by atoms with Crippen LogP contribution in [0.2, 0.25) is 0 Å². The maximum absolute atomic E-state index is 5.55. The zero-order chi connectivity index (χ0) is 16.9. The van der Waals surface area contributed by atoms with E-state index in [0.717, 1.165) is 36.7 Å². The molecule has 4 rings (SSSR count). The van der Waals surface area contributed by atoms with Gasteiger partial charge in [-0.1, -0.05) is 42.8 Å². The summed E-state index contributed by atoms with van der Waals surface area (Å²) in [6.45, 7) is 5.54. The highest BCUT2D eigenvalue weighted by Gasteiger charge is 2.16. The van der Waals surface area contributed by atoms with Crippen molar-refractivity contribution >= 4 is 0 Å². The van der Waals surface area contributed by atoms with Gasteiger partial charge in [0.25, 0.3) is 0 Å². The number of hydrogen-bond acceptors (Lipinski definition) is 4. The van der Waals surface area contributed by atoms with E-state index >= 15 is 0 Å². The predicted octanol–water partition coefficient (Wildman–Crippen LogP) is 3.69. The second-order valence-corrected chi connectivity index (χ2v) is 6.91. The standard InChI is InChI=1S/C21H26N2O2/c1-2-11-23(12-3-1)15-18-9-7-17(8-10-18)13-22-14-19-5-4-6-20-21(19)25-16-24-20/h4-10,22H,1-3,11-16H2. The third-order valence-corrected chi connectivity index (χ3v) is 5.00. The molecular weight excluding hydrogens is 312 g/mol. The molecule has 2 aliphatic rings. The van der Waals surface area contributed by atoms with Crippen molar-refractivity contribution in [3.05, 3.63) is 59.2 Å². The zero-order valence-corrected chi connectivity index (χ0v) is 14.7. The van der Waals surface area contributed by atoms with Crippen LogP contribution in [0, 0.1) is 0 Å². The molecule has 0 unspecified atom stereocenters. The summed E-state index contributed by atoms with van der Waals surface area (Å²) in [5, 5.41) is 3.50. The number of rotatable bonds is 6. The molecule has 132 valence electrons. The Hall–Kier alpha value is -2.04. The normalized spacial score (nSPS) is 17.0. The molecule has 0 aliphatic carbocycles. The Morgan fingerprint density at radius 2 is 1.64 bits per heavy atom. The summed E-state index contributed by atoms with van der Waals surface area (Å²) in [5.41, 5.74) is 3.88. The van der Waals surface area contributed by atoms with Crippen molar-refractivity contribution in [1.82, 2.24) is 10.2 Å². The Morgan fingerprint density at radius 3 is 2.48 bits per heavy atom. The molecule has 0 bridgehead atoms. The van der Waals surface area contributed by atoms with Gasteiger partial charge in [0.05, 0.1) is 0 Å². The lowest BCUT2D eigenvalue weighted by Crippen LogP contribution is -2.29. The summed E-state index contributed by atoms with van der Waals surface area (Å²) < 4.78 is 11.0. The molecule has 1 fully saturated rings. The van der Waals surface area contributed by atoms with Crippen LogP contribution in [0.4, 0.5) is 0 Å². The van der Waals surface area contributed by atoms with E-state index in [-0.39, 0.29) is 0 Å². The van der Waals surface area contributed by atoms with E-state index in [9.17, 15) is 0 Å². The number of fused-ring (bicyclic) bond motifs is 1. The lowest BCUT2D eigenvalue weighted by Gasteiger charge is -2.26. The topological polar surface area (TPSA) is 33.7 Å². The highest BCUT2D eigenvalue weighted by atomic mass is 16.7. The van der Waals surface area contributed by atoms with E-state index in [1.807, 2.05) is 12.1 Å². The average molecular weight is 338 g/mol. The molecule has 1 saturated heterocycles. The molecule has 0 saturated carbocycles. The lowest BCUT2D eigenvalue weighted by atomic mass is 10.1. The van der Waals surface area contributed by atoms with E-state index in [2.05, 4.69) is 40.5 Å². The Balaban J connectivity index is 1.28. The highest BCUT2D eigenvalue weighted by molar-refractivity contribution is 5.48. The summed E-state index contributed by atoms with van der Waals surface area (Å²) in [6, 6.07) is 15.1. The molecule has 4 nitrogen and oxygen atoms in total. The van der Waals surface area contributed by atoms with Crippen LogP contribution in [-0.2, 0) is 19.6 Å². The van der Waals surface area contributed by atoms with Gasteiger partial charge < -0.3 is 14.8 Å². The first kappa shape index (κ1) is 16.4. The van der Waals surface area contributed by atoms with Crippen LogP contribution >= 0.6 is 0 Å². The van der Waals surface area contributed by atoms with Crippen LogP contribution in [0.25, 0.3) is 0 Å². The van der Waals surface area contributed by atoms with E-state index in [4.69, 9.17) is 9.47 Å². The van der Waals surface area contributed by atoms with Crippen molar-refractivity contribution in [2.24, 2.45) is 0 Å².